The van der Waals surface area contributed by atoms with E-state index < -0.39 is 29.0 Å². The summed E-state index contributed by atoms with van der Waals surface area (Å²) in [6.45, 7) is 8.39. The third-order valence-electron chi connectivity index (χ3n) is 4.43. The molecule has 1 fully saturated rings. The van der Waals surface area contributed by atoms with Crippen molar-refractivity contribution in [3.05, 3.63) is 35.4 Å². The van der Waals surface area contributed by atoms with Gasteiger partial charge in [-0.3, -0.25) is 4.79 Å². The summed E-state index contributed by atoms with van der Waals surface area (Å²) in [5, 5.41) is 11.9. The minimum Gasteiger partial charge on any atom is -0.480 e. The van der Waals surface area contributed by atoms with Gasteiger partial charge in [0.25, 0.3) is 5.91 Å². The van der Waals surface area contributed by atoms with E-state index in [9.17, 15) is 19.5 Å². The van der Waals surface area contributed by atoms with Crippen molar-refractivity contribution in [3.63, 3.8) is 0 Å². The molecule has 1 saturated heterocycles. The molecule has 124 valence electrons. The van der Waals surface area contributed by atoms with Crippen molar-refractivity contribution in [2.75, 3.05) is 0 Å². The van der Waals surface area contributed by atoms with Gasteiger partial charge < -0.3 is 10.4 Å². The Bertz CT molecular complexity index is 664. The maximum absolute atomic E-state index is 12.8. The second kappa shape index (κ2) is 5.37. The molecule has 1 aliphatic rings. The van der Waals surface area contributed by atoms with E-state index in [0.717, 1.165) is 10.5 Å². The predicted octanol–water partition coefficient (Wildman–Crippen LogP) is 2.44. The van der Waals surface area contributed by atoms with Crippen LogP contribution in [-0.4, -0.2) is 33.5 Å². The summed E-state index contributed by atoms with van der Waals surface area (Å²) in [6, 6.07) is 6.72. The Morgan fingerprint density at radius 3 is 2.17 bits per heavy atom. The smallest absolute Gasteiger partial charge is 0.329 e. The second-order valence-electron chi connectivity index (χ2n) is 6.84. The van der Waals surface area contributed by atoms with Crippen LogP contribution in [0, 0.1) is 0 Å². The Kier molecular flexibility index (Phi) is 3.96. The molecule has 0 saturated carbocycles. The van der Waals surface area contributed by atoms with Crippen LogP contribution in [0.3, 0.4) is 0 Å². The molecule has 0 spiro atoms. The van der Waals surface area contributed by atoms with Crippen molar-refractivity contribution >= 4 is 17.9 Å². The molecule has 1 atom stereocenters. The zero-order valence-corrected chi connectivity index (χ0v) is 14.0. The highest BCUT2D eigenvalue weighted by Crippen LogP contribution is 2.33. The molecule has 6 heteroatoms. The number of hydrogen-bond acceptors (Lipinski definition) is 3. The molecule has 0 aliphatic carbocycles. The molecule has 3 amide bonds. The van der Waals surface area contributed by atoms with E-state index in [1.54, 1.807) is 19.1 Å². The first kappa shape index (κ1) is 17.0. The molecule has 1 aromatic rings. The molecule has 2 rings (SSSR count). The summed E-state index contributed by atoms with van der Waals surface area (Å²) in [7, 11) is 0. The van der Waals surface area contributed by atoms with E-state index in [0.29, 0.717) is 11.5 Å². The Morgan fingerprint density at radius 1 is 1.22 bits per heavy atom. The van der Waals surface area contributed by atoms with Crippen LogP contribution in [0.2, 0.25) is 0 Å². The standard InChI is InChI=1S/C17H22N2O4/c1-10(2)11-6-8-12(9-7-11)17(5)13(20)19(15(23)18-17)16(3,4)14(21)22/h6-10H,1-5H3,(H,18,23)(H,21,22). The Balaban J connectivity index is 2.42. The molecule has 2 N–H and O–H groups in total. The van der Waals surface area contributed by atoms with Crippen LogP contribution >= 0.6 is 0 Å². The van der Waals surface area contributed by atoms with Crippen molar-refractivity contribution < 1.29 is 19.5 Å². The van der Waals surface area contributed by atoms with Crippen LogP contribution in [0.15, 0.2) is 24.3 Å². The van der Waals surface area contributed by atoms with Crippen molar-refractivity contribution in [2.24, 2.45) is 0 Å². The maximum atomic E-state index is 12.8. The first-order chi connectivity index (χ1) is 10.5. The summed E-state index contributed by atoms with van der Waals surface area (Å²) in [4.78, 5) is 37.2. The maximum Gasteiger partial charge on any atom is 0.329 e. The van der Waals surface area contributed by atoms with Crippen molar-refractivity contribution in [1.29, 1.82) is 0 Å². The summed E-state index contributed by atoms with van der Waals surface area (Å²) in [5.41, 5.74) is -1.13. The molecule has 0 radical (unpaired) electrons. The molecule has 1 aliphatic heterocycles. The van der Waals surface area contributed by atoms with Crippen LogP contribution < -0.4 is 5.32 Å². The quantitative estimate of drug-likeness (QED) is 0.835. The third-order valence-corrected chi connectivity index (χ3v) is 4.43. The number of nitrogens with one attached hydrogen (secondary N) is 1. The van der Waals surface area contributed by atoms with Gasteiger partial charge in [0.1, 0.15) is 11.1 Å². The number of urea groups is 1. The summed E-state index contributed by atoms with van der Waals surface area (Å²) < 4.78 is 0. The zero-order valence-electron chi connectivity index (χ0n) is 14.0. The van der Waals surface area contributed by atoms with Crippen LogP contribution in [0.4, 0.5) is 4.79 Å². The van der Waals surface area contributed by atoms with Crippen molar-refractivity contribution in [3.8, 4) is 0 Å². The molecule has 0 aromatic heterocycles. The van der Waals surface area contributed by atoms with Gasteiger partial charge >= 0.3 is 12.0 Å². The lowest BCUT2D eigenvalue weighted by atomic mass is 9.89. The summed E-state index contributed by atoms with van der Waals surface area (Å²) >= 11 is 0. The molecule has 1 unspecified atom stereocenters. The number of carbonyl (C=O) groups is 3. The summed E-state index contributed by atoms with van der Waals surface area (Å²) in [5.74, 6) is -1.44. The van der Waals surface area contributed by atoms with Gasteiger partial charge in [-0.05, 0) is 37.8 Å². The topological polar surface area (TPSA) is 86.7 Å². The molecule has 0 bridgehead atoms. The van der Waals surface area contributed by atoms with E-state index in [-0.39, 0.29) is 0 Å². The Hall–Kier alpha value is -2.37. The number of carboxylic acids is 1. The normalized spacial score (nSPS) is 21.7. The molecule has 6 nitrogen and oxygen atoms in total. The number of hydrogen-bond donors (Lipinski definition) is 2. The number of carboxylic acid groups (broad SMARTS) is 1. The number of amides is 3. The monoisotopic (exact) mass is 318 g/mol. The van der Waals surface area contributed by atoms with E-state index in [2.05, 4.69) is 19.2 Å². The van der Waals surface area contributed by atoms with Gasteiger partial charge in [0.15, 0.2) is 0 Å². The number of aliphatic carboxylic acids is 1. The molecule has 1 aromatic carbocycles. The van der Waals surface area contributed by atoms with Crippen molar-refractivity contribution in [2.45, 2.75) is 51.6 Å². The van der Waals surface area contributed by atoms with Gasteiger partial charge in [-0.25, -0.2) is 14.5 Å². The molecular formula is C17H22N2O4. The average molecular weight is 318 g/mol. The second-order valence-corrected chi connectivity index (χ2v) is 6.84. The first-order valence-electron chi connectivity index (χ1n) is 7.52. The highest BCUT2D eigenvalue weighted by molar-refractivity contribution is 6.10. The van der Waals surface area contributed by atoms with E-state index >= 15 is 0 Å². The average Bonchev–Trinajstić information content (AvgIpc) is 2.70. The van der Waals surface area contributed by atoms with E-state index in [4.69, 9.17) is 0 Å². The molecule has 23 heavy (non-hydrogen) atoms. The minimum atomic E-state index is -1.61. The third kappa shape index (κ3) is 2.58. The fraction of sp³-hybridized carbons (Fsp3) is 0.471. The number of carbonyl (C=O) groups excluding carboxylic acids is 2. The van der Waals surface area contributed by atoms with Crippen LogP contribution in [0.5, 0.6) is 0 Å². The Labute approximate surface area is 135 Å². The lowest BCUT2D eigenvalue weighted by Crippen LogP contribution is -2.54. The van der Waals surface area contributed by atoms with Crippen LogP contribution in [0.25, 0.3) is 0 Å². The Morgan fingerprint density at radius 2 is 1.74 bits per heavy atom. The van der Waals surface area contributed by atoms with Gasteiger partial charge in [-0.1, -0.05) is 38.1 Å². The van der Waals surface area contributed by atoms with Gasteiger partial charge in [0, 0.05) is 0 Å². The predicted molar refractivity (Wildman–Crippen MR) is 85.0 cm³/mol. The highest BCUT2D eigenvalue weighted by atomic mass is 16.4. The van der Waals surface area contributed by atoms with Gasteiger partial charge in [0.05, 0.1) is 0 Å². The van der Waals surface area contributed by atoms with Gasteiger partial charge in [-0.15, -0.1) is 0 Å². The molecular weight excluding hydrogens is 296 g/mol. The fourth-order valence-corrected chi connectivity index (χ4v) is 2.64. The van der Waals surface area contributed by atoms with Crippen LogP contribution in [0.1, 0.15) is 51.7 Å². The zero-order chi connectivity index (χ0) is 17.6. The number of nitrogens with zero attached hydrogens (tertiary/aromatic N) is 1. The number of benzene rings is 1. The highest BCUT2D eigenvalue weighted by Gasteiger charge is 2.55. The van der Waals surface area contributed by atoms with Crippen molar-refractivity contribution in [1.82, 2.24) is 10.2 Å². The first-order valence-corrected chi connectivity index (χ1v) is 7.52. The lowest BCUT2D eigenvalue weighted by molar-refractivity contribution is -0.153. The van der Waals surface area contributed by atoms with Gasteiger partial charge in [-0.2, -0.15) is 0 Å². The summed E-state index contributed by atoms with van der Waals surface area (Å²) in [6.07, 6.45) is 0. The van der Waals surface area contributed by atoms with E-state index in [1.165, 1.54) is 13.8 Å². The number of rotatable bonds is 4. The van der Waals surface area contributed by atoms with Gasteiger partial charge in [0.2, 0.25) is 0 Å². The fourth-order valence-electron chi connectivity index (χ4n) is 2.64. The largest absolute Gasteiger partial charge is 0.480 e. The lowest BCUT2D eigenvalue weighted by Gasteiger charge is -2.30. The number of imide groups is 1. The molecule has 1 heterocycles. The van der Waals surface area contributed by atoms with E-state index in [1.807, 2.05) is 12.1 Å². The SMILES string of the molecule is CC(C)c1ccc(C2(C)NC(=O)N(C(C)(C)C(=O)O)C2=O)cc1. The minimum absolute atomic E-state index is 0.355. The van der Waals surface area contributed by atoms with Crippen LogP contribution in [-0.2, 0) is 15.1 Å².